The molecule has 0 saturated carbocycles. The Morgan fingerprint density at radius 1 is 1.08 bits per heavy atom. The van der Waals surface area contributed by atoms with Crippen LogP contribution in [0.1, 0.15) is 26.3 Å². The summed E-state index contributed by atoms with van der Waals surface area (Å²) in [4.78, 5) is 12.2. The van der Waals surface area contributed by atoms with Crippen molar-refractivity contribution in [3.05, 3.63) is 54.2 Å². The van der Waals surface area contributed by atoms with Crippen LogP contribution < -0.4 is 5.32 Å². The molecule has 2 aromatic carbocycles. The maximum atomic E-state index is 12.2. The largest absolute Gasteiger partial charge is 0.442 e. The number of nitrogens with one attached hydrogen (secondary N) is 1. The number of anilines is 2. The molecule has 0 spiro atoms. The van der Waals surface area contributed by atoms with Crippen molar-refractivity contribution in [2.45, 2.75) is 33.3 Å². The molecule has 24 heavy (non-hydrogen) atoms. The first-order valence-electron chi connectivity index (χ1n) is 7.87. The number of hydrogen-bond acceptors (Lipinski definition) is 4. The fourth-order valence-corrected chi connectivity index (χ4v) is 2.36. The molecule has 0 saturated heterocycles. The summed E-state index contributed by atoms with van der Waals surface area (Å²) >= 11 is 0. The summed E-state index contributed by atoms with van der Waals surface area (Å²) in [6.45, 7) is 7.56. The summed E-state index contributed by atoms with van der Waals surface area (Å²) in [5.74, 6) is 0. The van der Waals surface area contributed by atoms with Crippen LogP contribution in [0.2, 0.25) is 0 Å². The van der Waals surface area contributed by atoms with Crippen molar-refractivity contribution in [3.63, 3.8) is 0 Å². The van der Waals surface area contributed by atoms with Crippen molar-refractivity contribution >= 4 is 28.4 Å². The molecule has 0 amide bonds. The van der Waals surface area contributed by atoms with Crippen LogP contribution in [-0.2, 0) is 4.74 Å². The van der Waals surface area contributed by atoms with Crippen molar-refractivity contribution in [1.29, 1.82) is 0 Å². The third-order valence-corrected chi connectivity index (χ3v) is 3.47. The van der Waals surface area contributed by atoms with Crippen LogP contribution in [0.3, 0.4) is 0 Å². The minimum atomic E-state index is -0.553. The van der Waals surface area contributed by atoms with Gasteiger partial charge in [0.15, 0.2) is 0 Å². The molecule has 5 nitrogen and oxygen atoms in total. The van der Waals surface area contributed by atoms with E-state index in [-0.39, 0.29) is 0 Å². The quantitative estimate of drug-likeness (QED) is 0.731. The number of nitrogens with zero attached hydrogens (tertiary/aromatic N) is 2. The van der Waals surface area contributed by atoms with Gasteiger partial charge in [0, 0.05) is 16.8 Å². The first-order chi connectivity index (χ1) is 11.3. The van der Waals surface area contributed by atoms with Gasteiger partial charge in [-0.3, -0.25) is 0 Å². The standard InChI is InChI=1S/C19H21N3O2/c1-13-5-7-15(8-6-13)21-16-9-10-17-14(11-16)12-20-22(17)18(23)24-19(2,3)4/h5-12,21H,1-4H3. The van der Waals surface area contributed by atoms with E-state index in [1.165, 1.54) is 10.2 Å². The Morgan fingerprint density at radius 3 is 2.42 bits per heavy atom. The number of aromatic nitrogens is 2. The Balaban J connectivity index is 1.85. The lowest BCUT2D eigenvalue weighted by Crippen LogP contribution is -2.27. The third kappa shape index (κ3) is 3.56. The van der Waals surface area contributed by atoms with Gasteiger partial charge in [0.25, 0.3) is 0 Å². The summed E-state index contributed by atoms with van der Waals surface area (Å²) in [6.07, 6.45) is 1.19. The summed E-state index contributed by atoms with van der Waals surface area (Å²) in [5, 5.41) is 8.37. The summed E-state index contributed by atoms with van der Waals surface area (Å²) in [5.41, 5.74) is 3.34. The van der Waals surface area contributed by atoms with E-state index in [1.807, 2.05) is 51.1 Å². The van der Waals surface area contributed by atoms with E-state index in [0.717, 1.165) is 22.3 Å². The zero-order valence-electron chi connectivity index (χ0n) is 14.3. The minimum absolute atomic E-state index is 0.475. The molecule has 1 N–H and O–H groups in total. The molecule has 1 aromatic heterocycles. The molecule has 124 valence electrons. The second-order valence-electron chi connectivity index (χ2n) is 6.80. The highest BCUT2D eigenvalue weighted by Gasteiger charge is 2.20. The van der Waals surface area contributed by atoms with Crippen LogP contribution in [0, 0.1) is 6.92 Å². The van der Waals surface area contributed by atoms with Crippen molar-refractivity contribution < 1.29 is 9.53 Å². The molecule has 0 radical (unpaired) electrons. The first-order valence-corrected chi connectivity index (χ1v) is 7.87. The fraction of sp³-hybridized carbons (Fsp3) is 0.263. The zero-order chi connectivity index (χ0) is 17.3. The highest BCUT2D eigenvalue weighted by atomic mass is 16.6. The molecule has 0 atom stereocenters. The molecule has 0 aliphatic heterocycles. The third-order valence-electron chi connectivity index (χ3n) is 3.47. The number of carbonyl (C=O) groups is 1. The molecule has 3 rings (SSSR count). The maximum absolute atomic E-state index is 12.2. The number of fused-ring (bicyclic) bond motifs is 1. The molecule has 0 aliphatic carbocycles. The van der Waals surface area contributed by atoms with Crippen LogP contribution in [0.25, 0.3) is 10.9 Å². The lowest BCUT2D eigenvalue weighted by molar-refractivity contribution is 0.0523. The van der Waals surface area contributed by atoms with Crippen LogP contribution in [0.4, 0.5) is 16.2 Å². The van der Waals surface area contributed by atoms with Crippen LogP contribution >= 0.6 is 0 Å². The van der Waals surface area contributed by atoms with Crippen molar-refractivity contribution in [1.82, 2.24) is 9.78 Å². The van der Waals surface area contributed by atoms with E-state index < -0.39 is 11.7 Å². The molecule has 1 heterocycles. The number of carbonyl (C=O) groups excluding carboxylic acids is 1. The molecule has 5 heteroatoms. The zero-order valence-corrected chi connectivity index (χ0v) is 14.3. The van der Waals surface area contributed by atoms with Gasteiger partial charge in [0.2, 0.25) is 0 Å². The van der Waals surface area contributed by atoms with Gasteiger partial charge in [0.1, 0.15) is 5.60 Å². The number of aryl methyl sites for hydroxylation is 1. The first kappa shape index (κ1) is 16.1. The minimum Gasteiger partial charge on any atom is -0.442 e. The van der Waals surface area contributed by atoms with E-state index in [9.17, 15) is 4.79 Å². The molecule has 0 aliphatic rings. The summed E-state index contributed by atoms with van der Waals surface area (Å²) in [6, 6.07) is 13.9. The Morgan fingerprint density at radius 2 is 1.75 bits per heavy atom. The molecular weight excluding hydrogens is 302 g/mol. The second kappa shape index (κ2) is 6.00. The molecule has 0 unspecified atom stereocenters. The highest BCUT2D eigenvalue weighted by molar-refractivity contribution is 5.90. The van der Waals surface area contributed by atoms with Gasteiger partial charge in [-0.25, -0.2) is 4.79 Å². The summed E-state index contributed by atoms with van der Waals surface area (Å²) < 4.78 is 6.66. The van der Waals surface area contributed by atoms with Gasteiger partial charge < -0.3 is 10.1 Å². The van der Waals surface area contributed by atoms with Crippen LogP contribution in [0.15, 0.2) is 48.7 Å². The highest BCUT2D eigenvalue weighted by Crippen LogP contribution is 2.23. The van der Waals surface area contributed by atoms with Crippen molar-refractivity contribution in [3.8, 4) is 0 Å². The lowest BCUT2D eigenvalue weighted by Gasteiger charge is -2.19. The number of rotatable bonds is 2. The number of hydrogen-bond donors (Lipinski definition) is 1. The number of benzene rings is 2. The van der Waals surface area contributed by atoms with E-state index >= 15 is 0 Å². The predicted octanol–water partition coefficient (Wildman–Crippen LogP) is 4.87. The van der Waals surface area contributed by atoms with E-state index in [2.05, 4.69) is 29.5 Å². The van der Waals surface area contributed by atoms with Gasteiger partial charge >= 0.3 is 6.09 Å². The van der Waals surface area contributed by atoms with E-state index in [0.29, 0.717) is 0 Å². The van der Waals surface area contributed by atoms with Gasteiger partial charge in [-0.1, -0.05) is 17.7 Å². The molecule has 0 bridgehead atoms. The fourth-order valence-electron chi connectivity index (χ4n) is 2.36. The molecule has 3 aromatic rings. The van der Waals surface area contributed by atoms with E-state index in [1.54, 1.807) is 6.20 Å². The average Bonchev–Trinajstić information content (AvgIpc) is 2.91. The SMILES string of the molecule is Cc1ccc(Nc2ccc3c(cnn3C(=O)OC(C)(C)C)c2)cc1. The van der Waals surface area contributed by atoms with Gasteiger partial charge in [-0.2, -0.15) is 9.78 Å². The Kier molecular flexibility index (Phi) is 4.01. The lowest BCUT2D eigenvalue weighted by atomic mass is 10.2. The van der Waals surface area contributed by atoms with Crippen LogP contribution in [-0.4, -0.2) is 21.5 Å². The number of ether oxygens (including phenoxy) is 1. The van der Waals surface area contributed by atoms with Gasteiger partial charge in [-0.15, -0.1) is 0 Å². The van der Waals surface area contributed by atoms with Crippen LogP contribution in [0.5, 0.6) is 0 Å². The van der Waals surface area contributed by atoms with Crippen molar-refractivity contribution in [2.75, 3.05) is 5.32 Å². The van der Waals surface area contributed by atoms with Gasteiger partial charge in [-0.05, 0) is 58.0 Å². The van der Waals surface area contributed by atoms with Crippen molar-refractivity contribution in [2.24, 2.45) is 0 Å². The predicted molar refractivity (Wildman–Crippen MR) is 95.8 cm³/mol. The smallest absolute Gasteiger partial charge is 0.435 e. The molecular formula is C19H21N3O2. The Labute approximate surface area is 141 Å². The van der Waals surface area contributed by atoms with Gasteiger partial charge in [0.05, 0.1) is 11.7 Å². The summed E-state index contributed by atoms with van der Waals surface area (Å²) in [7, 11) is 0. The Hall–Kier alpha value is -2.82. The maximum Gasteiger partial charge on any atom is 0.435 e. The normalized spacial score (nSPS) is 11.5. The second-order valence-corrected chi connectivity index (χ2v) is 6.80. The topological polar surface area (TPSA) is 56.2 Å². The molecule has 0 fully saturated rings. The average molecular weight is 323 g/mol. The Bertz CT molecular complexity index is 874. The monoisotopic (exact) mass is 323 g/mol. The van der Waals surface area contributed by atoms with E-state index in [4.69, 9.17) is 4.74 Å².